The molecule has 0 saturated carbocycles. The van der Waals surface area contributed by atoms with Crippen molar-refractivity contribution in [1.82, 2.24) is 19.9 Å². The Kier molecular flexibility index (Phi) is 11.0. The molecule has 5 aromatic rings. The van der Waals surface area contributed by atoms with E-state index in [0.29, 0.717) is 0 Å². The molecule has 0 aliphatic rings. The van der Waals surface area contributed by atoms with Crippen LogP contribution in [0.2, 0.25) is 0 Å². The van der Waals surface area contributed by atoms with Gasteiger partial charge in [0.2, 0.25) is 0 Å². The molecule has 3 aromatic carbocycles. The van der Waals surface area contributed by atoms with Crippen LogP contribution in [0.1, 0.15) is 0 Å². The molecule has 0 spiro atoms. The molecule has 0 atom stereocenters. The number of fused-ring (bicyclic) bond motifs is 2. The van der Waals surface area contributed by atoms with Gasteiger partial charge in [-0.1, -0.05) is 48.5 Å². The van der Waals surface area contributed by atoms with Crippen molar-refractivity contribution in [2.75, 3.05) is 0 Å². The van der Waals surface area contributed by atoms with Gasteiger partial charge in [-0.15, -0.1) is 0 Å². The molecule has 2 N–H and O–H groups in total. The molecule has 0 aliphatic carbocycles. The van der Waals surface area contributed by atoms with Crippen molar-refractivity contribution in [1.29, 1.82) is 0 Å². The zero-order valence-electron chi connectivity index (χ0n) is 14.8. The van der Waals surface area contributed by atoms with Crippen molar-refractivity contribution in [2.24, 2.45) is 0 Å². The van der Waals surface area contributed by atoms with E-state index in [1.165, 1.54) is 0 Å². The predicted molar refractivity (Wildman–Crippen MR) is 96.6 cm³/mol. The molecular weight excluding hydrogens is 486 g/mol. The van der Waals surface area contributed by atoms with Crippen LogP contribution in [0.5, 0.6) is 0 Å². The minimum Gasteiger partial charge on any atom is -1.00 e. The van der Waals surface area contributed by atoms with Crippen molar-refractivity contribution >= 4 is 22.1 Å². The molecule has 0 aliphatic heterocycles. The number of hydrogen-bond donors (Lipinski definition) is 2. The molecular formula is C20H14Cl4N4Ti. The fourth-order valence-electron chi connectivity index (χ4n) is 3.06. The normalized spacial score (nSPS) is 9.38. The molecule has 0 fully saturated rings. The van der Waals surface area contributed by atoms with Crippen LogP contribution in [0.3, 0.4) is 0 Å². The van der Waals surface area contributed by atoms with Crippen LogP contribution in [0.15, 0.2) is 72.8 Å². The summed E-state index contributed by atoms with van der Waals surface area (Å²) in [5, 5.41) is 0. The molecule has 0 radical (unpaired) electrons. The summed E-state index contributed by atoms with van der Waals surface area (Å²) >= 11 is 0. The van der Waals surface area contributed by atoms with E-state index in [1.54, 1.807) is 0 Å². The summed E-state index contributed by atoms with van der Waals surface area (Å²) in [4.78, 5) is 16.3. The van der Waals surface area contributed by atoms with Crippen LogP contribution in [-0.4, -0.2) is 19.9 Å². The first kappa shape index (κ1) is 27.5. The van der Waals surface area contributed by atoms with Gasteiger partial charge in [0.05, 0.1) is 22.1 Å². The minimum absolute atomic E-state index is 0. The first-order valence-electron chi connectivity index (χ1n) is 7.88. The van der Waals surface area contributed by atoms with Gasteiger partial charge in [0.15, 0.2) is 0 Å². The molecule has 4 nitrogen and oxygen atoms in total. The number of rotatable bonds is 2. The van der Waals surface area contributed by atoms with E-state index in [1.807, 2.05) is 60.7 Å². The summed E-state index contributed by atoms with van der Waals surface area (Å²) in [7, 11) is 0. The van der Waals surface area contributed by atoms with Gasteiger partial charge < -0.3 is 59.6 Å². The molecule has 2 aromatic heterocycles. The van der Waals surface area contributed by atoms with E-state index in [9.17, 15) is 0 Å². The molecule has 146 valence electrons. The Labute approximate surface area is 207 Å². The predicted octanol–water partition coefficient (Wildman–Crippen LogP) is -7.21. The number of hydrogen-bond acceptors (Lipinski definition) is 2. The first-order chi connectivity index (χ1) is 11.9. The Hall–Kier alpha value is -1.53. The molecule has 0 amide bonds. The molecule has 0 unspecified atom stereocenters. The SMILES string of the molecule is [Cl-].[Cl-].[Cl-].[Cl-].[Ti+4].c1ccc(-c2nc3ccccc3[nH]2)c(-c2nc3ccccc3[nH]2)c1. The summed E-state index contributed by atoms with van der Waals surface area (Å²) in [5.74, 6) is 1.71. The Morgan fingerprint density at radius 3 is 1.21 bits per heavy atom. The van der Waals surface area contributed by atoms with E-state index >= 15 is 0 Å². The van der Waals surface area contributed by atoms with E-state index in [4.69, 9.17) is 9.97 Å². The van der Waals surface area contributed by atoms with Gasteiger partial charge in [0.25, 0.3) is 0 Å². The maximum atomic E-state index is 4.73. The van der Waals surface area contributed by atoms with Crippen LogP contribution in [0, 0.1) is 0 Å². The number of benzene rings is 3. The van der Waals surface area contributed by atoms with Gasteiger partial charge >= 0.3 is 21.7 Å². The van der Waals surface area contributed by atoms with E-state index < -0.39 is 0 Å². The smallest absolute Gasteiger partial charge is 1.00 e. The Morgan fingerprint density at radius 1 is 0.483 bits per heavy atom. The maximum Gasteiger partial charge on any atom is 4.00 e. The zero-order valence-corrected chi connectivity index (χ0v) is 19.4. The topological polar surface area (TPSA) is 57.4 Å². The number of H-pyrrole nitrogens is 2. The fraction of sp³-hybridized carbons (Fsp3) is 0. The van der Waals surface area contributed by atoms with Gasteiger partial charge in [-0.25, -0.2) is 9.97 Å². The second-order valence-electron chi connectivity index (χ2n) is 5.75. The third kappa shape index (κ3) is 5.15. The number of imidazole rings is 2. The second-order valence-corrected chi connectivity index (χ2v) is 5.75. The van der Waals surface area contributed by atoms with Crippen LogP contribution >= 0.6 is 0 Å². The van der Waals surface area contributed by atoms with E-state index in [0.717, 1.165) is 44.8 Å². The summed E-state index contributed by atoms with van der Waals surface area (Å²) < 4.78 is 0. The number of halogens is 4. The molecule has 9 heteroatoms. The minimum atomic E-state index is 0. The number of aromatic amines is 2. The molecule has 0 saturated heterocycles. The summed E-state index contributed by atoms with van der Waals surface area (Å²) in [6, 6.07) is 24.3. The Morgan fingerprint density at radius 2 is 0.828 bits per heavy atom. The van der Waals surface area contributed by atoms with Gasteiger partial charge in [0.1, 0.15) is 11.6 Å². The van der Waals surface area contributed by atoms with Gasteiger partial charge in [-0.05, 0) is 24.3 Å². The number of aromatic nitrogens is 4. The molecule has 5 rings (SSSR count). The standard InChI is InChI=1S/C20H14N4.4ClH.Ti/c1-2-8-14(20-23-17-11-5-6-12-18(17)24-20)13(7-1)19-21-15-9-3-4-10-16(15)22-19;;;;;/h1-12H,(H,21,22)(H,23,24);4*1H;/q;;;;;+4/p-4. The van der Waals surface area contributed by atoms with Crippen molar-refractivity contribution in [3.05, 3.63) is 72.8 Å². The average Bonchev–Trinajstić information content (AvgIpc) is 3.25. The number of para-hydroxylation sites is 4. The van der Waals surface area contributed by atoms with Crippen molar-refractivity contribution < 1.29 is 71.3 Å². The van der Waals surface area contributed by atoms with E-state index in [2.05, 4.69) is 22.1 Å². The number of nitrogens with zero attached hydrogens (tertiary/aromatic N) is 2. The van der Waals surface area contributed by atoms with Gasteiger partial charge in [-0.3, -0.25) is 0 Å². The third-order valence-electron chi connectivity index (χ3n) is 4.22. The van der Waals surface area contributed by atoms with Gasteiger partial charge in [0, 0.05) is 11.1 Å². The molecule has 0 bridgehead atoms. The number of nitrogens with one attached hydrogen (secondary N) is 2. The van der Waals surface area contributed by atoms with Crippen LogP contribution < -0.4 is 49.6 Å². The maximum absolute atomic E-state index is 4.73. The molecule has 29 heavy (non-hydrogen) atoms. The Bertz CT molecular complexity index is 1030. The van der Waals surface area contributed by atoms with Crippen molar-refractivity contribution in [3.63, 3.8) is 0 Å². The summed E-state index contributed by atoms with van der Waals surface area (Å²) in [6.07, 6.45) is 0. The monoisotopic (exact) mass is 498 g/mol. The fourth-order valence-corrected chi connectivity index (χ4v) is 3.06. The Balaban J connectivity index is 0.00000157. The largest absolute Gasteiger partial charge is 4.00 e. The van der Waals surface area contributed by atoms with Crippen molar-refractivity contribution in [2.45, 2.75) is 0 Å². The summed E-state index contributed by atoms with van der Waals surface area (Å²) in [5.41, 5.74) is 6.07. The quantitative estimate of drug-likeness (QED) is 0.237. The van der Waals surface area contributed by atoms with Crippen LogP contribution in [-0.2, 0) is 21.7 Å². The third-order valence-corrected chi connectivity index (χ3v) is 4.22. The van der Waals surface area contributed by atoms with Crippen LogP contribution in [0.4, 0.5) is 0 Å². The molecule has 2 heterocycles. The van der Waals surface area contributed by atoms with Crippen molar-refractivity contribution in [3.8, 4) is 22.8 Å². The van der Waals surface area contributed by atoms with Crippen LogP contribution in [0.25, 0.3) is 44.8 Å². The van der Waals surface area contributed by atoms with E-state index in [-0.39, 0.29) is 71.3 Å². The zero-order chi connectivity index (χ0) is 15.9. The average molecular weight is 500 g/mol. The first-order valence-corrected chi connectivity index (χ1v) is 7.88. The second kappa shape index (κ2) is 11.6. The van der Waals surface area contributed by atoms with Gasteiger partial charge in [-0.2, -0.15) is 0 Å². The summed E-state index contributed by atoms with van der Waals surface area (Å²) in [6.45, 7) is 0.